The normalized spacial score (nSPS) is 10.9. The molecule has 0 bridgehead atoms. The van der Waals surface area contributed by atoms with Crippen LogP contribution in [-0.2, 0) is 0 Å². The predicted octanol–water partition coefficient (Wildman–Crippen LogP) is 2.11. The van der Waals surface area contributed by atoms with Gasteiger partial charge in [0.25, 0.3) is 5.91 Å². The molecule has 0 unspecified atom stereocenters. The van der Waals surface area contributed by atoms with Crippen LogP contribution < -0.4 is 0 Å². The second kappa shape index (κ2) is 4.82. The minimum absolute atomic E-state index is 0.0549. The lowest BCUT2D eigenvalue weighted by molar-refractivity contribution is 0.0738. The van der Waals surface area contributed by atoms with Crippen LogP contribution in [0.25, 0.3) is 11.0 Å². The Morgan fingerprint density at radius 2 is 1.94 bits per heavy atom. The number of hydrogen-bond donors (Lipinski definition) is 1. The average Bonchev–Trinajstić information content (AvgIpc) is 2.72. The van der Waals surface area contributed by atoms with Gasteiger partial charge in [-0.1, -0.05) is 0 Å². The van der Waals surface area contributed by atoms with Crippen molar-refractivity contribution in [2.24, 2.45) is 0 Å². The lowest BCUT2D eigenvalue weighted by atomic mass is 10.1. The molecule has 1 aromatic carbocycles. The highest BCUT2D eigenvalue weighted by molar-refractivity contribution is 5.96. The number of hydrogen-bond acceptors (Lipinski definition) is 3. The van der Waals surface area contributed by atoms with E-state index in [2.05, 4.69) is 0 Å². The van der Waals surface area contributed by atoms with Crippen molar-refractivity contribution >= 4 is 16.9 Å². The third kappa shape index (κ3) is 2.24. The molecule has 0 radical (unpaired) electrons. The van der Waals surface area contributed by atoms with Crippen LogP contribution in [0.2, 0.25) is 0 Å². The zero-order valence-electron chi connectivity index (χ0n) is 10.9. The Kier molecular flexibility index (Phi) is 3.39. The second-order valence-corrected chi connectivity index (χ2v) is 4.54. The molecule has 0 fully saturated rings. The van der Waals surface area contributed by atoms with Crippen LogP contribution in [0.15, 0.2) is 22.6 Å². The van der Waals surface area contributed by atoms with Gasteiger partial charge in [-0.15, -0.1) is 0 Å². The van der Waals surface area contributed by atoms with Crippen molar-refractivity contribution in [3.63, 3.8) is 0 Å². The molecule has 4 heteroatoms. The number of aliphatic hydroxyl groups is 1. The molecule has 2 aromatic rings. The number of carbonyl (C=O) groups is 1. The first-order chi connectivity index (χ1) is 8.52. The van der Waals surface area contributed by atoms with Gasteiger partial charge in [0.15, 0.2) is 5.76 Å². The summed E-state index contributed by atoms with van der Waals surface area (Å²) in [5.74, 6) is 0.0986. The van der Waals surface area contributed by atoms with E-state index in [0.29, 0.717) is 12.3 Å². The Hall–Kier alpha value is -1.81. The Morgan fingerprint density at radius 1 is 1.28 bits per heavy atom. The summed E-state index contributed by atoms with van der Waals surface area (Å²) in [6.07, 6.45) is 0. The van der Waals surface area contributed by atoms with Crippen molar-refractivity contribution in [3.05, 3.63) is 35.1 Å². The van der Waals surface area contributed by atoms with Gasteiger partial charge < -0.3 is 14.4 Å². The highest BCUT2D eigenvalue weighted by Crippen LogP contribution is 2.23. The van der Waals surface area contributed by atoms with Crippen molar-refractivity contribution in [2.45, 2.75) is 13.8 Å². The predicted molar refractivity (Wildman–Crippen MR) is 69.7 cm³/mol. The maximum Gasteiger partial charge on any atom is 0.289 e. The molecule has 0 atom stereocenters. The van der Waals surface area contributed by atoms with Crippen molar-refractivity contribution in [2.75, 3.05) is 20.2 Å². The summed E-state index contributed by atoms with van der Waals surface area (Å²) in [4.78, 5) is 13.4. The monoisotopic (exact) mass is 247 g/mol. The molecule has 1 aromatic heterocycles. The molecule has 1 heterocycles. The van der Waals surface area contributed by atoms with Gasteiger partial charge >= 0.3 is 0 Å². The number of nitrogens with zero attached hydrogens (tertiary/aromatic N) is 1. The molecule has 4 nitrogen and oxygen atoms in total. The van der Waals surface area contributed by atoms with E-state index in [9.17, 15) is 4.79 Å². The summed E-state index contributed by atoms with van der Waals surface area (Å²) in [6.45, 7) is 4.28. The first-order valence-corrected chi connectivity index (χ1v) is 5.90. The molecular formula is C14H17NO3. The van der Waals surface area contributed by atoms with Gasteiger partial charge in [0.2, 0.25) is 0 Å². The topological polar surface area (TPSA) is 53.7 Å². The van der Waals surface area contributed by atoms with Gasteiger partial charge in [0, 0.05) is 19.0 Å². The van der Waals surface area contributed by atoms with Crippen LogP contribution in [0.5, 0.6) is 0 Å². The van der Waals surface area contributed by atoms with E-state index >= 15 is 0 Å². The summed E-state index contributed by atoms with van der Waals surface area (Å²) in [5, 5.41) is 9.75. The molecule has 2 rings (SSSR count). The SMILES string of the molecule is Cc1cc2cc(C(=O)N(C)CCO)oc2cc1C. The van der Waals surface area contributed by atoms with E-state index in [4.69, 9.17) is 9.52 Å². The molecule has 1 amide bonds. The Balaban J connectivity index is 2.38. The smallest absolute Gasteiger partial charge is 0.289 e. The molecule has 0 spiro atoms. The summed E-state index contributed by atoms with van der Waals surface area (Å²) in [7, 11) is 1.64. The third-order valence-electron chi connectivity index (χ3n) is 3.13. The van der Waals surface area contributed by atoms with Crippen molar-refractivity contribution < 1.29 is 14.3 Å². The van der Waals surface area contributed by atoms with Gasteiger partial charge in [-0.2, -0.15) is 0 Å². The number of likely N-dealkylation sites (N-methyl/N-ethyl adjacent to an activating group) is 1. The summed E-state index contributed by atoms with van der Waals surface area (Å²) < 4.78 is 5.56. The van der Waals surface area contributed by atoms with Gasteiger partial charge in [-0.3, -0.25) is 4.79 Å². The first kappa shape index (κ1) is 12.6. The van der Waals surface area contributed by atoms with E-state index in [0.717, 1.165) is 16.5 Å². The lowest BCUT2D eigenvalue weighted by Gasteiger charge is -2.13. The van der Waals surface area contributed by atoms with E-state index in [-0.39, 0.29) is 12.5 Å². The molecule has 0 aliphatic rings. The maximum atomic E-state index is 12.0. The number of aryl methyl sites for hydroxylation is 2. The quantitative estimate of drug-likeness (QED) is 0.903. The molecular weight excluding hydrogens is 230 g/mol. The van der Waals surface area contributed by atoms with Crippen molar-refractivity contribution in [1.29, 1.82) is 0 Å². The fourth-order valence-electron chi connectivity index (χ4n) is 1.85. The van der Waals surface area contributed by atoms with E-state index in [1.54, 1.807) is 13.1 Å². The Labute approximate surface area is 106 Å². The second-order valence-electron chi connectivity index (χ2n) is 4.54. The van der Waals surface area contributed by atoms with E-state index in [1.165, 1.54) is 10.5 Å². The van der Waals surface area contributed by atoms with Gasteiger partial charge in [0.05, 0.1) is 6.61 Å². The number of amides is 1. The van der Waals surface area contributed by atoms with E-state index < -0.39 is 0 Å². The van der Waals surface area contributed by atoms with Crippen LogP contribution in [0, 0.1) is 13.8 Å². The molecule has 0 saturated heterocycles. The average molecular weight is 247 g/mol. The van der Waals surface area contributed by atoms with Crippen LogP contribution in [0.4, 0.5) is 0 Å². The van der Waals surface area contributed by atoms with Crippen molar-refractivity contribution in [1.82, 2.24) is 4.90 Å². The summed E-state index contributed by atoms with van der Waals surface area (Å²) >= 11 is 0. The number of aliphatic hydroxyl groups excluding tert-OH is 1. The maximum absolute atomic E-state index is 12.0. The lowest BCUT2D eigenvalue weighted by Crippen LogP contribution is -2.29. The van der Waals surface area contributed by atoms with Gasteiger partial charge in [0.1, 0.15) is 5.58 Å². The van der Waals surface area contributed by atoms with E-state index in [1.807, 2.05) is 26.0 Å². The fourth-order valence-corrected chi connectivity index (χ4v) is 1.85. The van der Waals surface area contributed by atoms with Gasteiger partial charge in [-0.05, 0) is 43.2 Å². The Bertz CT molecular complexity index is 547. The highest BCUT2D eigenvalue weighted by Gasteiger charge is 2.16. The van der Waals surface area contributed by atoms with Gasteiger partial charge in [-0.25, -0.2) is 0 Å². The largest absolute Gasteiger partial charge is 0.451 e. The number of rotatable bonds is 3. The number of furan rings is 1. The summed E-state index contributed by atoms with van der Waals surface area (Å²) in [6, 6.07) is 5.70. The standard InChI is InChI=1S/C14H17NO3/c1-9-6-11-8-13(14(17)15(3)4-5-16)18-12(11)7-10(9)2/h6-8,16H,4-5H2,1-3H3. The molecule has 18 heavy (non-hydrogen) atoms. The minimum atomic E-state index is -0.212. The summed E-state index contributed by atoms with van der Waals surface area (Å²) in [5.41, 5.74) is 3.03. The zero-order valence-corrected chi connectivity index (χ0v) is 10.9. The highest BCUT2D eigenvalue weighted by atomic mass is 16.3. The molecule has 0 aliphatic carbocycles. The molecule has 96 valence electrons. The van der Waals surface area contributed by atoms with Crippen molar-refractivity contribution in [3.8, 4) is 0 Å². The molecule has 0 aliphatic heterocycles. The minimum Gasteiger partial charge on any atom is -0.451 e. The zero-order chi connectivity index (χ0) is 13.3. The third-order valence-corrected chi connectivity index (χ3v) is 3.13. The van der Waals surface area contributed by atoms with Crippen LogP contribution in [-0.4, -0.2) is 36.1 Å². The van der Waals surface area contributed by atoms with Crippen LogP contribution in [0.1, 0.15) is 21.7 Å². The number of fused-ring (bicyclic) bond motifs is 1. The van der Waals surface area contributed by atoms with Crippen LogP contribution in [0.3, 0.4) is 0 Å². The Morgan fingerprint density at radius 3 is 2.61 bits per heavy atom. The number of carbonyl (C=O) groups excluding carboxylic acids is 1. The molecule has 1 N–H and O–H groups in total. The number of benzene rings is 1. The fraction of sp³-hybridized carbons (Fsp3) is 0.357. The first-order valence-electron chi connectivity index (χ1n) is 5.90. The molecule has 0 saturated carbocycles. The van der Waals surface area contributed by atoms with Crippen LogP contribution >= 0.6 is 0 Å².